The molecule has 0 saturated carbocycles. The Bertz CT molecular complexity index is 729. The van der Waals surface area contributed by atoms with Crippen molar-refractivity contribution in [2.45, 2.75) is 26.4 Å². The summed E-state index contributed by atoms with van der Waals surface area (Å²) in [5, 5.41) is 13.6. The van der Waals surface area contributed by atoms with Gasteiger partial charge in [0, 0.05) is 5.56 Å². The molecule has 0 radical (unpaired) electrons. The molecule has 0 fully saturated rings. The van der Waals surface area contributed by atoms with E-state index in [2.05, 4.69) is 48.2 Å². The fraction of sp³-hybridized carbons (Fsp3) is 0.250. The summed E-state index contributed by atoms with van der Waals surface area (Å²) in [4.78, 5) is 4.25. The van der Waals surface area contributed by atoms with E-state index in [1.54, 1.807) is 10.7 Å². The predicted octanol–water partition coefficient (Wildman–Crippen LogP) is 3.01. The van der Waals surface area contributed by atoms with Crippen molar-refractivity contribution in [2.75, 3.05) is 0 Å². The summed E-state index contributed by atoms with van der Waals surface area (Å²) in [7, 11) is 0. The van der Waals surface area contributed by atoms with Crippen molar-refractivity contribution in [3.8, 4) is 11.3 Å². The van der Waals surface area contributed by atoms with Crippen molar-refractivity contribution in [2.24, 2.45) is 0 Å². The minimum atomic E-state index is -0.0677. The monoisotopic (exact) mass is 267 g/mol. The second-order valence-corrected chi connectivity index (χ2v) is 5.19. The first-order valence-electron chi connectivity index (χ1n) is 6.74. The number of benzene rings is 1. The quantitative estimate of drug-likeness (QED) is 0.793. The van der Waals surface area contributed by atoms with Crippen LogP contribution in [0.1, 0.15) is 31.0 Å². The van der Waals surface area contributed by atoms with E-state index in [1.807, 2.05) is 12.1 Å². The number of aliphatic hydroxyl groups is 1. The van der Waals surface area contributed by atoms with Gasteiger partial charge in [-0.2, -0.15) is 5.10 Å². The number of imidazole rings is 1. The Morgan fingerprint density at radius 3 is 2.50 bits per heavy atom. The molecule has 0 saturated heterocycles. The van der Waals surface area contributed by atoms with E-state index in [0.717, 1.165) is 16.9 Å². The second kappa shape index (κ2) is 5.06. The molecule has 0 aliphatic carbocycles. The van der Waals surface area contributed by atoms with Gasteiger partial charge >= 0.3 is 0 Å². The molecule has 3 aromatic rings. The van der Waals surface area contributed by atoms with Crippen LogP contribution in [0.2, 0.25) is 0 Å². The number of hydrogen-bond acceptors (Lipinski definition) is 3. The molecule has 2 aromatic heterocycles. The highest BCUT2D eigenvalue weighted by Gasteiger charge is 2.05. The second-order valence-electron chi connectivity index (χ2n) is 5.19. The van der Waals surface area contributed by atoms with Crippen LogP contribution >= 0.6 is 0 Å². The van der Waals surface area contributed by atoms with Gasteiger partial charge in [0.15, 0.2) is 5.65 Å². The minimum Gasteiger partial charge on any atom is -0.390 e. The fourth-order valence-electron chi connectivity index (χ4n) is 2.20. The normalized spacial score (nSPS) is 11.4. The predicted molar refractivity (Wildman–Crippen MR) is 78.4 cm³/mol. The summed E-state index contributed by atoms with van der Waals surface area (Å²) in [6, 6.07) is 12.3. The largest absolute Gasteiger partial charge is 0.390 e. The standard InChI is InChI=1S/C16H17N3O/c1-11(2)12-3-5-13(6-4-12)15-7-8-16-17-14(10-20)9-19(16)18-15/h3-9,11,20H,10H2,1-2H3. The highest BCUT2D eigenvalue weighted by atomic mass is 16.3. The van der Waals surface area contributed by atoms with Crippen LogP contribution in [-0.2, 0) is 6.61 Å². The summed E-state index contributed by atoms with van der Waals surface area (Å²) in [6.45, 7) is 4.30. The zero-order valence-corrected chi connectivity index (χ0v) is 11.6. The lowest BCUT2D eigenvalue weighted by Gasteiger charge is -2.06. The Labute approximate surface area is 117 Å². The molecule has 0 aliphatic heterocycles. The lowest BCUT2D eigenvalue weighted by Crippen LogP contribution is -1.93. The molecule has 4 heteroatoms. The van der Waals surface area contributed by atoms with Crippen molar-refractivity contribution < 1.29 is 5.11 Å². The smallest absolute Gasteiger partial charge is 0.153 e. The molecule has 0 atom stereocenters. The van der Waals surface area contributed by atoms with Crippen LogP contribution < -0.4 is 0 Å². The third-order valence-electron chi connectivity index (χ3n) is 3.41. The zero-order valence-electron chi connectivity index (χ0n) is 11.6. The highest BCUT2D eigenvalue weighted by Crippen LogP contribution is 2.21. The van der Waals surface area contributed by atoms with Gasteiger partial charge in [0.05, 0.1) is 24.2 Å². The number of hydrogen-bond donors (Lipinski definition) is 1. The summed E-state index contributed by atoms with van der Waals surface area (Å²) >= 11 is 0. The van der Waals surface area contributed by atoms with Crippen LogP contribution in [0, 0.1) is 0 Å². The molecule has 2 heterocycles. The van der Waals surface area contributed by atoms with E-state index in [9.17, 15) is 0 Å². The van der Waals surface area contributed by atoms with Crippen molar-refractivity contribution >= 4 is 5.65 Å². The Kier molecular flexibility index (Phi) is 3.24. The minimum absolute atomic E-state index is 0.0677. The van der Waals surface area contributed by atoms with Crippen molar-refractivity contribution in [3.05, 3.63) is 53.9 Å². The molecule has 0 bridgehead atoms. The third-order valence-corrected chi connectivity index (χ3v) is 3.41. The van der Waals surface area contributed by atoms with Crippen LogP contribution in [0.25, 0.3) is 16.9 Å². The maximum absolute atomic E-state index is 9.10. The summed E-state index contributed by atoms with van der Waals surface area (Å²) in [6.07, 6.45) is 1.75. The Morgan fingerprint density at radius 2 is 1.85 bits per heavy atom. The first kappa shape index (κ1) is 12.8. The summed E-state index contributed by atoms with van der Waals surface area (Å²) in [5.74, 6) is 0.528. The number of aliphatic hydroxyl groups excluding tert-OH is 1. The van der Waals surface area contributed by atoms with Crippen molar-refractivity contribution in [1.29, 1.82) is 0 Å². The number of fused-ring (bicyclic) bond motifs is 1. The molecule has 4 nitrogen and oxygen atoms in total. The van der Waals surface area contributed by atoms with Crippen LogP contribution in [0.4, 0.5) is 0 Å². The third kappa shape index (κ3) is 2.30. The van der Waals surface area contributed by atoms with E-state index in [1.165, 1.54) is 5.56 Å². The van der Waals surface area contributed by atoms with Crippen LogP contribution in [0.5, 0.6) is 0 Å². The van der Waals surface area contributed by atoms with Gasteiger partial charge in [-0.3, -0.25) is 0 Å². The Balaban J connectivity index is 2.00. The van der Waals surface area contributed by atoms with Gasteiger partial charge < -0.3 is 5.11 Å². The van der Waals surface area contributed by atoms with Gasteiger partial charge in [-0.05, 0) is 23.6 Å². The molecule has 0 amide bonds. The molecule has 102 valence electrons. The molecule has 20 heavy (non-hydrogen) atoms. The fourth-order valence-corrected chi connectivity index (χ4v) is 2.20. The Morgan fingerprint density at radius 1 is 1.10 bits per heavy atom. The van der Waals surface area contributed by atoms with Gasteiger partial charge in [-0.1, -0.05) is 38.1 Å². The lowest BCUT2D eigenvalue weighted by atomic mass is 10.0. The molecular weight excluding hydrogens is 250 g/mol. The van der Waals surface area contributed by atoms with Gasteiger partial charge in [0.25, 0.3) is 0 Å². The topological polar surface area (TPSA) is 50.4 Å². The zero-order chi connectivity index (χ0) is 14.1. The SMILES string of the molecule is CC(C)c1ccc(-c2ccc3nc(CO)cn3n2)cc1. The molecule has 0 unspecified atom stereocenters. The van der Waals surface area contributed by atoms with E-state index < -0.39 is 0 Å². The summed E-state index contributed by atoms with van der Waals surface area (Å²) in [5.41, 5.74) is 4.67. The first-order valence-corrected chi connectivity index (χ1v) is 6.74. The average molecular weight is 267 g/mol. The van der Waals surface area contributed by atoms with Crippen molar-refractivity contribution in [3.63, 3.8) is 0 Å². The molecule has 1 aromatic carbocycles. The molecule has 0 spiro atoms. The molecule has 3 rings (SSSR count). The maximum atomic E-state index is 9.10. The van der Waals surface area contributed by atoms with Crippen LogP contribution in [0.15, 0.2) is 42.6 Å². The van der Waals surface area contributed by atoms with E-state index in [4.69, 9.17) is 5.11 Å². The number of rotatable bonds is 3. The molecule has 0 aliphatic rings. The average Bonchev–Trinajstić information content (AvgIpc) is 2.89. The van der Waals surface area contributed by atoms with Gasteiger partial charge in [0.2, 0.25) is 0 Å². The van der Waals surface area contributed by atoms with Gasteiger partial charge in [-0.15, -0.1) is 0 Å². The lowest BCUT2D eigenvalue weighted by molar-refractivity contribution is 0.277. The van der Waals surface area contributed by atoms with Gasteiger partial charge in [0.1, 0.15) is 0 Å². The van der Waals surface area contributed by atoms with Crippen LogP contribution in [-0.4, -0.2) is 19.7 Å². The first-order chi connectivity index (χ1) is 9.67. The molecular formula is C16H17N3O. The van der Waals surface area contributed by atoms with E-state index >= 15 is 0 Å². The highest BCUT2D eigenvalue weighted by molar-refractivity contribution is 5.60. The van der Waals surface area contributed by atoms with Crippen molar-refractivity contribution in [1.82, 2.24) is 14.6 Å². The number of nitrogens with zero attached hydrogens (tertiary/aromatic N) is 3. The maximum Gasteiger partial charge on any atom is 0.153 e. The Hall–Kier alpha value is -2.20. The molecule has 1 N–H and O–H groups in total. The summed E-state index contributed by atoms with van der Waals surface area (Å²) < 4.78 is 1.71. The van der Waals surface area contributed by atoms with E-state index in [-0.39, 0.29) is 6.61 Å². The van der Waals surface area contributed by atoms with Gasteiger partial charge in [-0.25, -0.2) is 9.50 Å². The van der Waals surface area contributed by atoms with Crippen LogP contribution in [0.3, 0.4) is 0 Å². The van der Waals surface area contributed by atoms with E-state index in [0.29, 0.717) is 11.6 Å². The number of aromatic nitrogens is 3.